The lowest BCUT2D eigenvalue weighted by Crippen LogP contribution is -2.29. The van der Waals surface area contributed by atoms with Crippen LogP contribution in [0.2, 0.25) is 0 Å². The van der Waals surface area contributed by atoms with E-state index in [9.17, 15) is 4.79 Å². The van der Waals surface area contributed by atoms with Crippen molar-refractivity contribution in [1.82, 2.24) is 0 Å². The monoisotopic (exact) mass is 332 g/mol. The maximum Gasteiger partial charge on any atom is 0.306 e. The highest BCUT2D eigenvalue weighted by Crippen LogP contribution is 2.21. The zero-order valence-corrected chi connectivity index (χ0v) is 16.6. The highest BCUT2D eigenvalue weighted by atomic mass is 16.6. The van der Waals surface area contributed by atoms with Crippen LogP contribution in [0.25, 0.3) is 0 Å². The van der Waals surface area contributed by atoms with Gasteiger partial charge in [0.15, 0.2) is 0 Å². The number of carbonyl (C=O) groups excluding carboxylic acids is 1. The Hall–Kier alpha value is -1.57. The molecule has 0 radical (unpaired) electrons. The summed E-state index contributed by atoms with van der Waals surface area (Å²) in [5.74, 6) is -0.150. The quantitative estimate of drug-likeness (QED) is 0.311. The van der Waals surface area contributed by atoms with Gasteiger partial charge in [-0.05, 0) is 79.7 Å². The normalized spacial score (nSPS) is 13.7. The molecule has 0 fully saturated rings. The lowest BCUT2D eigenvalue weighted by molar-refractivity contribution is -0.154. The molecule has 0 aliphatic heterocycles. The van der Waals surface area contributed by atoms with E-state index in [0.717, 1.165) is 32.1 Å². The van der Waals surface area contributed by atoms with E-state index in [-0.39, 0.29) is 5.97 Å². The molecular formula is C22H36O2. The minimum atomic E-state index is -0.578. The molecule has 0 amide bonds. The van der Waals surface area contributed by atoms with Crippen LogP contribution in [0.4, 0.5) is 0 Å². The molecule has 0 saturated carbocycles. The summed E-state index contributed by atoms with van der Waals surface area (Å²) in [6.07, 6.45) is 13.2. The number of hydrogen-bond acceptors (Lipinski definition) is 2. The molecule has 0 heterocycles. The van der Waals surface area contributed by atoms with Crippen LogP contribution in [-0.2, 0) is 9.53 Å². The number of carbonyl (C=O) groups is 1. The summed E-state index contributed by atoms with van der Waals surface area (Å²) in [6.45, 7) is 16.2. The van der Waals surface area contributed by atoms with E-state index in [2.05, 4.69) is 59.4 Å². The molecule has 0 N–H and O–H groups in total. The predicted octanol–water partition coefficient (Wildman–Crippen LogP) is 6.69. The van der Waals surface area contributed by atoms with Gasteiger partial charge in [-0.1, -0.05) is 41.5 Å². The van der Waals surface area contributed by atoms with Crippen molar-refractivity contribution in [3.63, 3.8) is 0 Å². The molecule has 0 rings (SSSR count). The van der Waals surface area contributed by atoms with Crippen LogP contribution in [0.15, 0.2) is 47.6 Å². The fourth-order valence-electron chi connectivity index (χ4n) is 2.28. The van der Waals surface area contributed by atoms with E-state index in [4.69, 9.17) is 4.74 Å². The summed E-state index contributed by atoms with van der Waals surface area (Å²) >= 11 is 0. The molecule has 2 heteroatoms. The third-order valence-corrected chi connectivity index (χ3v) is 3.90. The van der Waals surface area contributed by atoms with E-state index in [1.807, 2.05) is 6.92 Å². The van der Waals surface area contributed by atoms with Gasteiger partial charge in [0.1, 0.15) is 5.60 Å². The van der Waals surface area contributed by atoms with Crippen LogP contribution in [-0.4, -0.2) is 11.6 Å². The molecule has 0 aromatic heterocycles. The molecule has 0 spiro atoms. The third-order valence-electron chi connectivity index (χ3n) is 3.90. The molecule has 2 nitrogen and oxygen atoms in total. The summed E-state index contributed by atoms with van der Waals surface area (Å²) in [5, 5.41) is 0. The first kappa shape index (κ1) is 22.4. The predicted molar refractivity (Wildman–Crippen MR) is 105 cm³/mol. The Morgan fingerprint density at radius 2 is 1.46 bits per heavy atom. The van der Waals surface area contributed by atoms with Crippen molar-refractivity contribution in [3.05, 3.63) is 47.6 Å². The van der Waals surface area contributed by atoms with E-state index in [1.165, 1.54) is 16.7 Å². The first-order valence-corrected chi connectivity index (χ1v) is 8.96. The van der Waals surface area contributed by atoms with Gasteiger partial charge in [-0.25, -0.2) is 0 Å². The fourth-order valence-corrected chi connectivity index (χ4v) is 2.28. The van der Waals surface area contributed by atoms with Crippen molar-refractivity contribution in [1.29, 1.82) is 0 Å². The van der Waals surface area contributed by atoms with Crippen molar-refractivity contribution in [2.75, 3.05) is 0 Å². The fraction of sp³-hybridized carbons (Fsp3) is 0.591. The maximum atomic E-state index is 12.1. The number of esters is 1. The molecule has 1 unspecified atom stereocenters. The first-order valence-electron chi connectivity index (χ1n) is 8.96. The van der Waals surface area contributed by atoms with Crippen LogP contribution >= 0.6 is 0 Å². The average molecular weight is 333 g/mol. The summed E-state index contributed by atoms with van der Waals surface area (Å²) in [6, 6.07) is 0. The Labute approximate surface area is 149 Å². The molecule has 24 heavy (non-hydrogen) atoms. The number of hydrogen-bond donors (Lipinski definition) is 0. The maximum absolute atomic E-state index is 12.1. The molecule has 0 aromatic rings. The van der Waals surface area contributed by atoms with Crippen LogP contribution in [0.3, 0.4) is 0 Å². The van der Waals surface area contributed by atoms with Gasteiger partial charge in [0.25, 0.3) is 0 Å². The number of ether oxygens (including phenoxy) is 1. The van der Waals surface area contributed by atoms with Crippen LogP contribution < -0.4 is 0 Å². The Kier molecular flexibility index (Phi) is 11.1. The second kappa shape index (κ2) is 11.9. The topological polar surface area (TPSA) is 26.3 Å². The Morgan fingerprint density at radius 1 is 0.917 bits per heavy atom. The van der Waals surface area contributed by atoms with E-state index in [1.54, 1.807) is 6.08 Å². The van der Waals surface area contributed by atoms with Crippen molar-refractivity contribution in [2.45, 2.75) is 85.7 Å². The van der Waals surface area contributed by atoms with E-state index >= 15 is 0 Å². The molecular weight excluding hydrogens is 296 g/mol. The van der Waals surface area contributed by atoms with E-state index < -0.39 is 5.60 Å². The van der Waals surface area contributed by atoms with Crippen LogP contribution in [0.1, 0.15) is 80.1 Å². The molecule has 1 atom stereocenters. The highest BCUT2D eigenvalue weighted by Gasteiger charge is 2.23. The van der Waals surface area contributed by atoms with Gasteiger partial charge in [-0.3, -0.25) is 4.79 Å². The lowest BCUT2D eigenvalue weighted by Gasteiger charge is -2.25. The SMILES string of the molecule is C=CC(C)(CCC=C(C)C)OC(=O)CCC=C(C)CCC=C(C)C. The Bertz CT molecular complexity index is 486. The number of allylic oxidation sites excluding steroid dienone is 6. The minimum Gasteiger partial charge on any atom is -0.455 e. The summed E-state index contributed by atoms with van der Waals surface area (Å²) < 4.78 is 5.64. The Balaban J connectivity index is 4.28. The van der Waals surface area contributed by atoms with Crippen molar-refractivity contribution < 1.29 is 9.53 Å². The molecule has 0 aliphatic carbocycles. The van der Waals surface area contributed by atoms with Gasteiger partial charge >= 0.3 is 5.97 Å². The number of rotatable bonds is 11. The van der Waals surface area contributed by atoms with Gasteiger partial charge < -0.3 is 4.74 Å². The summed E-state index contributed by atoms with van der Waals surface area (Å²) in [5.41, 5.74) is 3.38. The average Bonchev–Trinajstić information content (AvgIpc) is 2.46. The molecule has 0 saturated heterocycles. The molecule has 0 aromatic carbocycles. The highest BCUT2D eigenvalue weighted by molar-refractivity contribution is 5.70. The van der Waals surface area contributed by atoms with Crippen molar-refractivity contribution in [2.24, 2.45) is 0 Å². The van der Waals surface area contributed by atoms with Crippen molar-refractivity contribution in [3.8, 4) is 0 Å². The summed E-state index contributed by atoms with van der Waals surface area (Å²) in [7, 11) is 0. The van der Waals surface area contributed by atoms with Crippen LogP contribution in [0, 0.1) is 0 Å². The molecule has 0 aliphatic rings. The van der Waals surface area contributed by atoms with Crippen LogP contribution in [0.5, 0.6) is 0 Å². The minimum absolute atomic E-state index is 0.150. The van der Waals surface area contributed by atoms with Gasteiger partial charge in [-0.15, -0.1) is 0 Å². The van der Waals surface area contributed by atoms with Gasteiger partial charge in [0.05, 0.1) is 0 Å². The second-order valence-corrected chi connectivity index (χ2v) is 7.22. The van der Waals surface area contributed by atoms with Gasteiger partial charge in [0, 0.05) is 6.42 Å². The molecule has 136 valence electrons. The zero-order chi connectivity index (χ0) is 18.6. The zero-order valence-electron chi connectivity index (χ0n) is 16.6. The van der Waals surface area contributed by atoms with E-state index in [0.29, 0.717) is 6.42 Å². The van der Waals surface area contributed by atoms with Gasteiger partial charge in [-0.2, -0.15) is 0 Å². The Morgan fingerprint density at radius 3 is 2.00 bits per heavy atom. The standard InChI is InChI=1S/C22H36O2/c1-8-22(7,17-11-13-19(4)5)24-21(23)16-10-15-20(6)14-9-12-18(2)3/h8,12-13,15H,1,9-11,14,16-17H2,2-7H3. The van der Waals surface area contributed by atoms with Gasteiger partial charge in [0.2, 0.25) is 0 Å². The third kappa shape index (κ3) is 11.9. The van der Waals surface area contributed by atoms with Crippen molar-refractivity contribution >= 4 is 5.97 Å². The summed E-state index contributed by atoms with van der Waals surface area (Å²) in [4.78, 5) is 12.1. The largest absolute Gasteiger partial charge is 0.455 e. The molecule has 0 bridgehead atoms. The smallest absolute Gasteiger partial charge is 0.306 e. The first-order chi connectivity index (χ1) is 11.2. The second-order valence-electron chi connectivity index (χ2n) is 7.22. The lowest BCUT2D eigenvalue weighted by atomic mass is 9.99.